The number of nitrogens with one attached hydrogen (secondary N) is 1. The first-order valence-electron chi connectivity index (χ1n) is 7.44. The summed E-state index contributed by atoms with van der Waals surface area (Å²) >= 11 is 0. The monoisotopic (exact) mass is 311 g/mol. The second kappa shape index (κ2) is 7.93. The van der Waals surface area contributed by atoms with Gasteiger partial charge in [0.25, 0.3) is 0 Å². The number of hydrogen-bond acceptors (Lipinski definition) is 4. The molecule has 6 nitrogen and oxygen atoms in total. The number of benzene rings is 1. The molecule has 0 atom stereocenters. The molecular formula is C17H23N6+. The van der Waals surface area contributed by atoms with Crippen LogP contribution >= 0.6 is 0 Å². The Hall–Kier alpha value is -2.89. The van der Waals surface area contributed by atoms with Crippen molar-refractivity contribution in [3.05, 3.63) is 60.6 Å². The van der Waals surface area contributed by atoms with Gasteiger partial charge in [-0.25, -0.2) is 9.13 Å². The van der Waals surface area contributed by atoms with E-state index in [4.69, 9.17) is 5.73 Å². The van der Waals surface area contributed by atoms with Crippen LogP contribution in [0.3, 0.4) is 0 Å². The minimum absolute atomic E-state index is 0.520. The standard InChI is InChI=1S/C17H22N6/c1-4-15(20-16-9-7-14(18)8-10-16)6-5-11-19-21-17-22(2)12-13-23(17)3/h4-10,12-13,18-19H,11H2,1-3H3/p+1/b6-5-,15-4+. The molecule has 0 aliphatic carbocycles. The number of nitrogens with zero attached hydrogens (tertiary/aromatic N) is 4. The number of nitrogen functional groups attached to an aromatic ring is 1. The minimum atomic E-state index is 0.520. The van der Waals surface area contributed by atoms with Gasteiger partial charge in [0.15, 0.2) is 0 Å². The molecule has 0 radical (unpaired) electrons. The third-order valence-electron chi connectivity index (χ3n) is 3.30. The molecule has 0 aliphatic rings. The lowest BCUT2D eigenvalue weighted by Crippen LogP contribution is -2.25. The SMILES string of the molecule is C/C=C(\C=C/CN=Nc1n(C)cc[n+]1C)Nc1ccc(N)cc1. The maximum atomic E-state index is 5.68. The predicted octanol–water partition coefficient (Wildman–Crippen LogP) is 3.09. The predicted molar refractivity (Wildman–Crippen MR) is 93.3 cm³/mol. The maximum absolute atomic E-state index is 5.68. The molecule has 0 amide bonds. The molecule has 0 saturated heterocycles. The average molecular weight is 311 g/mol. The van der Waals surface area contributed by atoms with Gasteiger partial charge in [-0.2, -0.15) is 0 Å². The number of anilines is 2. The van der Waals surface area contributed by atoms with Crippen LogP contribution in [-0.2, 0) is 14.1 Å². The molecule has 0 bridgehead atoms. The molecule has 2 aromatic rings. The zero-order chi connectivity index (χ0) is 16.7. The lowest BCUT2D eigenvalue weighted by atomic mass is 10.2. The molecule has 6 heteroatoms. The molecule has 0 fully saturated rings. The van der Waals surface area contributed by atoms with E-state index in [9.17, 15) is 0 Å². The highest BCUT2D eigenvalue weighted by Crippen LogP contribution is 2.13. The van der Waals surface area contributed by atoms with Crippen LogP contribution in [0.2, 0.25) is 0 Å². The van der Waals surface area contributed by atoms with Crippen LogP contribution in [0.4, 0.5) is 17.3 Å². The van der Waals surface area contributed by atoms with Gasteiger partial charge in [0.1, 0.15) is 0 Å². The summed E-state index contributed by atoms with van der Waals surface area (Å²) in [6.45, 7) is 2.50. The first-order valence-corrected chi connectivity index (χ1v) is 7.44. The van der Waals surface area contributed by atoms with E-state index in [1.54, 1.807) is 0 Å². The van der Waals surface area contributed by atoms with Gasteiger partial charge in [0.2, 0.25) is 0 Å². The molecule has 0 aliphatic heterocycles. The Labute approximate surface area is 136 Å². The highest BCUT2D eigenvalue weighted by atomic mass is 15.3. The third-order valence-corrected chi connectivity index (χ3v) is 3.30. The summed E-state index contributed by atoms with van der Waals surface area (Å²) in [4.78, 5) is 0. The number of aryl methyl sites for hydroxylation is 2. The molecular weight excluding hydrogens is 288 g/mol. The molecule has 1 aromatic carbocycles. The number of aromatic nitrogens is 2. The van der Waals surface area contributed by atoms with E-state index in [2.05, 4.69) is 15.5 Å². The summed E-state index contributed by atoms with van der Waals surface area (Å²) in [6.07, 6.45) is 9.84. The fraction of sp³-hybridized carbons (Fsp3) is 0.235. The van der Waals surface area contributed by atoms with Crippen LogP contribution in [0.15, 0.2) is 70.8 Å². The Morgan fingerprint density at radius 2 is 2.09 bits per heavy atom. The number of hydrogen-bond donors (Lipinski definition) is 2. The summed E-state index contributed by atoms with van der Waals surface area (Å²) in [5.74, 6) is 0.810. The van der Waals surface area contributed by atoms with Crippen molar-refractivity contribution in [3.8, 4) is 0 Å². The van der Waals surface area contributed by atoms with E-state index in [1.807, 2.05) is 85.0 Å². The number of rotatable bonds is 6. The fourth-order valence-corrected chi connectivity index (χ4v) is 2.00. The highest BCUT2D eigenvalue weighted by Gasteiger charge is 2.09. The van der Waals surface area contributed by atoms with Crippen molar-refractivity contribution in [2.45, 2.75) is 6.92 Å². The van der Waals surface area contributed by atoms with Gasteiger partial charge >= 0.3 is 5.95 Å². The minimum Gasteiger partial charge on any atom is -0.399 e. The summed E-state index contributed by atoms with van der Waals surface area (Å²) in [6, 6.07) is 7.63. The van der Waals surface area contributed by atoms with Gasteiger partial charge in [0.05, 0.1) is 33.0 Å². The van der Waals surface area contributed by atoms with Crippen molar-refractivity contribution in [1.29, 1.82) is 0 Å². The zero-order valence-corrected chi connectivity index (χ0v) is 13.8. The van der Waals surface area contributed by atoms with Crippen molar-refractivity contribution in [3.63, 3.8) is 0 Å². The molecule has 23 heavy (non-hydrogen) atoms. The molecule has 0 spiro atoms. The smallest absolute Gasteiger partial charge is 0.399 e. The van der Waals surface area contributed by atoms with E-state index in [-0.39, 0.29) is 0 Å². The van der Waals surface area contributed by atoms with Crippen molar-refractivity contribution in [1.82, 2.24) is 4.57 Å². The lowest BCUT2D eigenvalue weighted by Gasteiger charge is -2.06. The average Bonchev–Trinajstić information content (AvgIpc) is 2.87. The molecule has 1 heterocycles. The number of imidazole rings is 1. The van der Waals surface area contributed by atoms with Crippen LogP contribution in [0.5, 0.6) is 0 Å². The van der Waals surface area contributed by atoms with E-state index < -0.39 is 0 Å². The van der Waals surface area contributed by atoms with Crippen LogP contribution in [-0.4, -0.2) is 11.1 Å². The lowest BCUT2D eigenvalue weighted by molar-refractivity contribution is -0.657. The summed E-state index contributed by atoms with van der Waals surface area (Å²) in [5.41, 5.74) is 8.42. The van der Waals surface area contributed by atoms with Gasteiger partial charge in [-0.05, 0) is 37.3 Å². The van der Waals surface area contributed by atoms with Crippen LogP contribution in [0, 0.1) is 0 Å². The molecule has 0 saturated carbocycles. The van der Waals surface area contributed by atoms with Gasteiger partial charge in [-0.15, -0.1) is 5.11 Å². The van der Waals surface area contributed by atoms with E-state index >= 15 is 0 Å². The molecule has 0 unspecified atom stereocenters. The van der Waals surface area contributed by atoms with Crippen LogP contribution in [0.1, 0.15) is 6.92 Å². The first-order chi connectivity index (χ1) is 11.1. The van der Waals surface area contributed by atoms with E-state index in [1.165, 1.54) is 0 Å². The summed E-state index contributed by atoms with van der Waals surface area (Å²) in [7, 11) is 3.89. The van der Waals surface area contributed by atoms with Crippen LogP contribution in [0.25, 0.3) is 0 Å². The topological polar surface area (TPSA) is 71.6 Å². The second-order valence-corrected chi connectivity index (χ2v) is 5.14. The Kier molecular flexibility index (Phi) is 5.68. The Balaban J connectivity index is 1.89. The largest absolute Gasteiger partial charge is 0.420 e. The Morgan fingerprint density at radius 3 is 2.70 bits per heavy atom. The maximum Gasteiger partial charge on any atom is 0.420 e. The van der Waals surface area contributed by atoms with Gasteiger partial charge in [-0.3, -0.25) is 0 Å². The fourth-order valence-electron chi connectivity index (χ4n) is 2.00. The molecule has 2 rings (SSSR count). The van der Waals surface area contributed by atoms with Crippen molar-refractivity contribution in [2.24, 2.45) is 24.3 Å². The quantitative estimate of drug-likeness (QED) is 0.372. The number of azo groups is 1. The zero-order valence-electron chi connectivity index (χ0n) is 13.8. The van der Waals surface area contributed by atoms with Crippen LogP contribution < -0.4 is 15.6 Å². The molecule has 3 N–H and O–H groups in total. The number of nitrogens with two attached hydrogens (primary N) is 1. The molecule has 1 aromatic heterocycles. The Bertz CT molecular complexity index is 703. The highest BCUT2D eigenvalue weighted by molar-refractivity contribution is 5.55. The Morgan fingerprint density at radius 1 is 1.35 bits per heavy atom. The summed E-state index contributed by atoms with van der Waals surface area (Å²) < 4.78 is 3.85. The van der Waals surface area contributed by atoms with E-state index in [0.717, 1.165) is 23.0 Å². The van der Waals surface area contributed by atoms with Crippen molar-refractivity contribution >= 4 is 17.3 Å². The summed E-state index contributed by atoms with van der Waals surface area (Å²) in [5, 5.41) is 11.7. The van der Waals surface area contributed by atoms with E-state index in [0.29, 0.717) is 6.54 Å². The first kappa shape index (κ1) is 16.5. The van der Waals surface area contributed by atoms with Gasteiger partial charge in [-0.1, -0.05) is 12.2 Å². The normalized spacial score (nSPS) is 12.4. The molecule has 120 valence electrons. The van der Waals surface area contributed by atoms with Gasteiger partial charge in [0, 0.05) is 22.2 Å². The van der Waals surface area contributed by atoms with Crippen molar-refractivity contribution in [2.75, 3.05) is 17.6 Å². The third kappa shape index (κ3) is 4.81. The van der Waals surface area contributed by atoms with Gasteiger partial charge < -0.3 is 11.1 Å². The van der Waals surface area contributed by atoms with Crippen molar-refractivity contribution < 1.29 is 4.57 Å². The number of allylic oxidation sites excluding steroid dienone is 2. The second-order valence-electron chi connectivity index (χ2n) is 5.14.